The molecule has 0 aromatic heterocycles. The first-order valence-electron chi connectivity index (χ1n) is 7.78. The van der Waals surface area contributed by atoms with Gasteiger partial charge in [-0.2, -0.15) is 0 Å². The zero-order chi connectivity index (χ0) is 16.4. The van der Waals surface area contributed by atoms with Crippen LogP contribution < -0.4 is 4.74 Å². The van der Waals surface area contributed by atoms with Crippen LogP contribution in [0, 0.1) is 0 Å². The lowest BCUT2D eigenvalue weighted by molar-refractivity contribution is 0.139. The van der Waals surface area contributed by atoms with Gasteiger partial charge in [-0.1, -0.05) is 38.8 Å². The molecule has 1 aromatic rings. The van der Waals surface area contributed by atoms with Crippen molar-refractivity contribution < 1.29 is 23.5 Å². The van der Waals surface area contributed by atoms with Crippen LogP contribution in [-0.4, -0.2) is 25.4 Å². The molecule has 0 fully saturated rings. The van der Waals surface area contributed by atoms with Crippen LogP contribution in [0.4, 0.5) is 0 Å². The number of unbranched alkanes of at least 4 members (excludes halogenated alkanes) is 2. The van der Waals surface area contributed by atoms with Crippen molar-refractivity contribution >= 4 is 7.60 Å². The minimum Gasteiger partial charge on any atom is -0.497 e. The van der Waals surface area contributed by atoms with Gasteiger partial charge in [0.05, 0.1) is 20.3 Å². The van der Waals surface area contributed by atoms with Crippen molar-refractivity contribution in [1.29, 1.82) is 0 Å². The van der Waals surface area contributed by atoms with E-state index in [0.29, 0.717) is 24.5 Å². The van der Waals surface area contributed by atoms with Crippen LogP contribution in [0.15, 0.2) is 24.3 Å². The highest BCUT2D eigenvalue weighted by Gasteiger charge is 2.35. The van der Waals surface area contributed by atoms with Crippen LogP contribution in [0.25, 0.3) is 0 Å². The summed E-state index contributed by atoms with van der Waals surface area (Å²) in [5.41, 5.74) is 0.497. The summed E-state index contributed by atoms with van der Waals surface area (Å²) in [7, 11) is -2.03. The zero-order valence-corrected chi connectivity index (χ0v) is 14.6. The molecule has 1 rings (SSSR count). The number of methoxy groups -OCH3 is 1. The Morgan fingerprint density at radius 1 is 1.05 bits per heavy atom. The number of aliphatic hydroxyl groups is 1. The third kappa shape index (κ3) is 5.73. The Hall–Kier alpha value is -0.870. The molecule has 1 N–H and O–H groups in total. The molecule has 0 saturated carbocycles. The molecule has 6 heteroatoms. The molecule has 22 heavy (non-hydrogen) atoms. The fraction of sp³-hybridized carbons (Fsp3) is 0.625. The average molecular weight is 330 g/mol. The molecule has 0 aliphatic carbocycles. The lowest BCUT2D eigenvalue weighted by Gasteiger charge is -2.23. The van der Waals surface area contributed by atoms with Crippen molar-refractivity contribution in [2.45, 2.75) is 45.4 Å². The molecule has 1 atom stereocenters. The van der Waals surface area contributed by atoms with Gasteiger partial charge in [-0.3, -0.25) is 4.57 Å². The third-order valence-electron chi connectivity index (χ3n) is 3.25. The largest absolute Gasteiger partial charge is 0.497 e. The highest BCUT2D eigenvalue weighted by atomic mass is 31.2. The minimum absolute atomic E-state index is 0.313. The van der Waals surface area contributed by atoms with Crippen molar-refractivity contribution in [3.8, 4) is 5.75 Å². The molecule has 0 aliphatic heterocycles. The maximum atomic E-state index is 12.9. The fourth-order valence-electron chi connectivity index (χ4n) is 1.81. The van der Waals surface area contributed by atoms with Crippen LogP contribution in [0.3, 0.4) is 0 Å². The molecular weight excluding hydrogens is 303 g/mol. The molecule has 126 valence electrons. The van der Waals surface area contributed by atoms with Gasteiger partial charge in [-0.05, 0) is 30.5 Å². The van der Waals surface area contributed by atoms with E-state index in [1.165, 1.54) is 0 Å². The number of ether oxygens (including phenoxy) is 1. The van der Waals surface area contributed by atoms with Gasteiger partial charge in [0.25, 0.3) is 0 Å². The van der Waals surface area contributed by atoms with Crippen LogP contribution >= 0.6 is 7.60 Å². The summed E-state index contributed by atoms with van der Waals surface area (Å²) in [4.78, 5) is 0. The van der Waals surface area contributed by atoms with Gasteiger partial charge in [0.2, 0.25) is 0 Å². The molecule has 5 nitrogen and oxygen atoms in total. The minimum atomic E-state index is -3.60. The fourth-order valence-corrected chi connectivity index (χ4v) is 3.47. The Kier molecular flexibility index (Phi) is 8.72. The van der Waals surface area contributed by atoms with Crippen LogP contribution in [-0.2, 0) is 13.6 Å². The first-order valence-corrected chi connectivity index (χ1v) is 9.39. The van der Waals surface area contributed by atoms with Gasteiger partial charge in [-0.25, -0.2) is 0 Å². The van der Waals surface area contributed by atoms with Crippen LogP contribution in [0.1, 0.15) is 50.9 Å². The highest BCUT2D eigenvalue weighted by Crippen LogP contribution is 2.59. The maximum Gasteiger partial charge on any atom is 0.363 e. The van der Waals surface area contributed by atoms with E-state index in [9.17, 15) is 9.67 Å². The Morgan fingerprint density at radius 3 is 1.95 bits per heavy atom. The van der Waals surface area contributed by atoms with E-state index in [-0.39, 0.29) is 0 Å². The second-order valence-electron chi connectivity index (χ2n) is 5.06. The topological polar surface area (TPSA) is 65.0 Å². The summed E-state index contributed by atoms with van der Waals surface area (Å²) in [6.45, 7) is 4.67. The molecule has 0 aliphatic rings. The number of rotatable bonds is 11. The first-order chi connectivity index (χ1) is 10.6. The molecule has 0 amide bonds. The van der Waals surface area contributed by atoms with E-state index in [0.717, 1.165) is 25.7 Å². The van der Waals surface area contributed by atoms with Gasteiger partial charge in [0, 0.05) is 0 Å². The quantitative estimate of drug-likeness (QED) is 0.477. The Labute approximate surface area is 133 Å². The lowest BCUT2D eigenvalue weighted by atomic mass is 10.2. The standard InChI is InChI=1S/C16H27O5P/c1-4-6-12-20-22(18,21-13-7-5-2)16(17)14-8-10-15(19-3)11-9-14/h8-11,16-17H,4-7,12-13H2,1-3H3. The maximum absolute atomic E-state index is 12.9. The molecule has 0 heterocycles. The second kappa shape index (κ2) is 10.0. The Balaban J connectivity index is 2.83. The summed E-state index contributed by atoms with van der Waals surface area (Å²) < 4.78 is 28.9. The molecule has 1 unspecified atom stereocenters. The van der Waals surface area contributed by atoms with E-state index in [4.69, 9.17) is 13.8 Å². The summed E-state index contributed by atoms with van der Waals surface area (Å²) in [5.74, 6) is -0.614. The van der Waals surface area contributed by atoms with Crippen molar-refractivity contribution in [1.82, 2.24) is 0 Å². The Bertz CT molecular complexity index is 446. The predicted octanol–water partition coefficient (Wildman–Crippen LogP) is 4.51. The number of hydrogen-bond donors (Lipinski definition) is 1. The first kappa shape index (κ1) is 19.2. The van der Waals surface area contributed by atoms with Crippen molar-refractivity contribution in [3.05, 3.63) is 29.8 Å². The van der Waals surface area contributed by atoms with Gasteiger partial charge in [0.1, 0.15) is 5.75 Å². The van der Waals surface area contributed by atoms with E-state index < -0.39 is 13.4 Å². The predicted molar refractivity (Wildman–Crippen MR) is 87.3 cm³/mol. The van der Waals surface area contributed by atoms with Crippen molar-refractivity contribution in [2.24, 2.45) is 0 Å². The van der Waals surface area contributed by atoms with E-state index >= 15 is 0 Å². The van der Waals surface area contributed by atoms with E-state index in [1.807, 2.05) is 13.8 Å². The average Bonchev–Trinajstić information content (AvgIpc) is 2.55. The monoisotopic (exact) mass is 330 g/mol. The number of benzene rings is 1. The van der Waals surface area contributed by atoms with E-state index in [2.05, 4.69) is 0 Å². The number of hydrogen-bond acceptors (Lipinski definition) is 5. The van der Waals surface area contributed by atoms with Crippen LogP contribution in [0.5, 0.6) is 5.75 Å². The van der Waals surface area contributed by atoms with Gasteiger partial charge in [0.15, 0.2) is 5.85 Å². The lowest BCUT2D eigenvalue weighted by Crippen LogP contribution is -2.08. The normalized spacial score (nSPS) is 13.1. The smallest absolute Gasteiger partial charge is 0.363 e. The molecule has 0 spiro atoms. The van der Waals surface area contributed by atoms with Crippen molar-refractivity contribution in [2.75, 3.05) is 20.3 Å². The molecule has 0 bridgehead atoms. The molecule has 0 saturated heterocycles. The number of aliphatic hydroxyl groups excluding tert-OH is 1. The molecular formula is C16H27O5P. The van der Waals surface area contributed by atoms with Crippen LogP contribution in [0.2, 0.25) is 0 Å². The molecule has 0 radical (unpaired) electrons. The van der Waals surface area contributed by atoms with Crippen molar-refractivity contribution in [3.63, 3.8) is 0 Å². The summed E-state index contributed by atoms with van der Waals surface area (Å²) in [6, 6.07) is 6.76. The SMILES string of the molecule is CCCCOP(=O)(OCCCC)C(O)c1ccc(OC)cc1. The van der Waals surface area contributed by atoms with Gasteiger partial charge >= 0.3 is 7.60 Å². The highest BCUT2D eigenvalue weighted by molar-refractivity contribution is 7.54. The third-order valence-corrected chi connectivity index (χ3v) is 5.23. The zero-order valence-electron chi connectivity index (χ0n) is 13.7. The Morgan fingerprint density at radius 2 is 1.55 bits per heavy atom. The summed E-state index contributed by atoms with van der Waals surface area (Å²) >= 11 is 0. The molecule has 1 aromatic carbocycles. The van der Waals surface area contributed by atoms with Gasteiger partial charge < -0.3 is 18.9 Å². The summed E-state index contributed by atoms with van der Waals surface area (Å²) in [6.07, 6.45) is 3.40. The van der Waals surface area contributed by atoms with Gasteiger partial charge in [-0.15, -0.1) is 0 Å². The summed E-state index contributed by atoms with van der Waals surface area (Å²) in [5, 5.41) is 10.4. The second-order valence-corrected chi connectivity index (χ2v) is 7.15. The van der Waals surface area contributed by atoms with E-state index in [1.54, 1.807) is 31.4 Å².